The summed E-state index contributed by atoms with van der Waals surface area (Å²) < 4.78 is 2.01. The van der Waals surface area contributed by atoms with Crippen molar-refractivity contribution in [1.29, 1.82) is 0 Å². The molecule has 114 valence electrons. The minimum atomic E-state index is 0.108. The van der Waals surface area contributed by atoms with E-state index < -0.39 is 0 Å². The molecule has 1 aliphatic rings. The normalized spacial score (nSPS) is 22.1. The maximum Gasteiger partial charge on any atom is 0.0850 e. The molecular weight excluding hydrogens is 292 g/mol. The Kier molecular flexibility index (Phi) is 5.78. The summed E-state index contributed by atoms with van der Waals surface area (Å²) in [6.07, 6.45) is 1.67. The summed E-state index contributed by atoms with van der Waals surface area (Å²) >= 11 is 8.46. The number of nitrogens with zero attached hydrogens (tertiary/aromatic N) is 3. The van der Waals surface area contributed by atoms with E-state index in [-0.39, 0.29) is 6.04 Å². The van der Waals surface area contributed by atoms with Crippen molar-refractivity contribution in [3.8, 4) is 0 Å². The third-order valence-electron chi connectivity index (χ3n) is 4.06. The van der Waals surface area contributed by atoms with Crippen molar-refractivity contribution in [3.05, 3.63) is 16.4 Å². The minimum Gasteiger partial charge on any atom is -0.326 e. The number of thioether (sulfide) groups is 1. The second-order valence-electron chi connectivity index (χ2n) is 5.37. The van der Waals surface area contributed by atoms with Crippen LogP contribution in [0, 0.1) is 0 Å². The zero-order valence-electron chi connectivity index (χ0n) is 12.6. The fraction of sp³-hybridized carbons (Fsp3) is 0.786. The summed E-state index contributed by atoms with van der Waals surface area (Å²) in [5, 5.41) is 5.39. The van der Waals surface area contributed by atoms with Gasteiger partial charge in [0.1, 0.15) is 0 Å². The number of hydrogen-bond donors (Lipinski definition) is 1. The first-order chi connectivity index (χ1) is 9.58. The van der Waals surface area contributed by atoms with Crippen molar-refractivity contribution in [2.75, 3.05) is 25.1 Å². The van der Waals surface area contributed by atoms with E-state index in [4.69, 9.17) is 17.3 Å². The van der Waals surface area contributed by atoms with E-state index in [1.165, 1.54) is 5.75 Å². The monoisotopic (exact) mass is 316 g/mol. The van der Waals surface area contributed by atoms with Crippen LogP contribution in [0.2, 0.25) is 5.02 Å². The van der Waals surface area contributed by atoms with E-state index in [2.05, 4.69) is 30.9 Å². The standard InChI is InChI=1S/C14H25ClN4S/c1-4-11-14(15)12(19(5-2)17-11)8-10(16)13-9-20-7-6-18(13)3/h10,13H,4-9,16H2,1-3H3. The smallest absolute Gasteiger partial charge is 0.0850 e. The Labute approximate surface area is 131 Å². The molecule has 0 aromatic carbocycles. The molecule has 0 bridgehead atoms. The zero-order valence-corrected chi connectivity index (χ0v) is 14.2. The molecule has 2 rings (SSSR count). The molecule has 2 heterocycles. The Hall–Kier alpha value is -0.230. The molecule has 2 unspecified atom stereocenters. The van der Waals surface area contributed by atoms with Crippen LogP contribution in [0.3, 0.4) is 0 Å². The topological polar surface area (TPSA) is 47.1 Å². The lowest BCUT2D eigenvalue weighted by Gasteiger charge is -2.36. The fourth-order valence-electron chi connectivity index (χ4n) is 2.73. The highest BCUT2D eigenvalue weighted by molar-refractivity contribution is 7.99. The van der Waals surface area contributed by atoms with Gasteiger partial charge >= 0.3 is 0 Å². The van der Waals surface area contributed by atoms with Crippen molar-refractivity contribution in [3.63, 3.8) is 0 Å². The third-order valence-corrected chi connectivity index (χ3v) is 5.55. The maximum absolute atomic E-state index is 6.47. The van der Waals surface area contributed by atoms with Crippen LogP contribution in [0.5, 0.6) is 0 Å². The minimum absolute atomic E-state index is 0.108. The Morgan fingerprint density at radius 3 is 2.85 bits per heavy atom. The Morgan fingerprint density at radius 1 is 1.50 bits per heavy atom. The van der Waals surface area contributed by atoms with E-state index in [1.54, 1.807) is 0 Å². The summed E-state index contributed by atoms with van der Waals surface area (Å²) in [7, 11) is 2.17. The van der Waals surface area contributed by atoms with Crippen LogP contribution < -0.4 is 5.73 Å². The predicted molar refractivity (Wildman–Crippen MR) is 87.7 cm³/mol. The zero-order chi connectivity index (χ0) is 14.7. The number of hydrogen-bond acceptors (Lipinski definition) is 4. The Balaban J connectivity index is 2.14. The van der Waals surface area contributed by atoms with Gasteiger partial charge in [0.15, 0.2) is 0 Å². The molecule has 0 saturated carbocycles. The van der Waals surface area contributed by atoms with Crippen LogP contribution in [-0.2, 0) is 19.4 Å². The van der Waals surface area contributed by atoms with Gasteiger partial charge in [0, 0.05) is 43.1 Å². The molecule has 0 amide bonds. The highest BCUT2D eigenvalue weighted by atomic mass is 35.5. The van der Waals surface area contributed by atoms with Gasteiger partial charge in [0.2, 0.25) is 0 Å². The lowest BCUT2D eigenvalue weighted by molar-refractivity contribution is 0.234. The molecule has 2 N–H and O–H groups in total. The van der Waals surface area contributed by atoms with Gasteiger partial charge in [-0.15, -0.1) is 0 Å². The molecule has 0 spiro atoms. The lowest BCUT2D eigenvalue weighted by atomic mass is 10.0. The number of aryl methyl sites for hydroxylation is 2. The van der Waals surface area contributed by atoms with Crippen LogP contribution in [0.4, 0.5) is 0 Å². The van der Waals surface area contributed by atoms with Crippen LogP contribution in [0.1, 0.15) is 25.2 Å². The summed E-state index contributed by atoms with van der Waals surface area (Å²) in [5.41, 5.74) is 8.55. The molecule has 4 nitrogen and oxygen atoms in total. The van der Waals surface area contributed by atoms with E-state index in [9.17, 15) is 0 Å². The summed E-state index contributed by atoms with van der Waals surface area (Å²) in [4.78, 5) is 2.38. The SMILES string of the molecule is CCc1nn(CC)c(CC(N)C2CSCCN2C)c1Cl. The quantitative estimate of drug-likeness (QED) is 0.903. The molecule has 0 radical (unpaired) electrons. The Morgan fingerprint density at radius 2 is 2.25 bits per heavy atom. The number of likely N-dealkylation sites (N-methyl/N-ethyl adjacent to an activating group) is 1. The third kappa shape index (κ3) is 3.32. The number of nitrogens with two attached hydrogens (primary N) is 1. The molecule has 2 atom stereocenters. The van der Waals surface area contributed by atoms with Gasteiger partial charge in [-0.1, -0.05) is 18.5 Å². The first-order valence-electron chi connectivity index (χ1n) is 7.36. The van der Waals surface area contributed by atoms with Gasteiger partial charge in [-0.25, -0.2) is 0 Å². The average molecular weight is 317 g/mol. The fourth-order valence-corrected chi connectivity index (χ4v) is 4.40. The molecule has 1 aromatic rings. The Bertz CT molecular complexity index is 449. The largest absolute Gasteiger partial charge is 0.326 e. The second-order valence-corrected chi connectivity index (χ2v) is 6.90. The molecule has 1 saturated heterocycles. The highest BCUT2D eigenvalue weighted by Crippen LogP contribution is 2.25. The van der Waals surface area contributed by atoms with Crippen molar-refractivity contribution < 1.29 is 0 Å². The average Bonchev–Trinajstić information content (AvgIpc) is 2.75. The lowest BCUT2D eigenvalue weighted by Crippen LogP contribution is -2.51. The second kappa shape index (κ2) is 7.16. The van der Waals surface area contributed by atoms with Crippen molar-refractivity contribution in [1.82, 2.24) is 14.7 Å². The predicted octanol–water partition coefficient (Wildman–Crippen LogP) is 2.04. The molecule has 20 heavy (non-hydrogen) atoms. The highest BCUT2D eigenvalue weighted by Gasteiger charge is 2.27. The maximum atomic E-state index is 6.47. The molecule has 1 aromatic heterocycles. The van der Waals surface area contributed by atoms with Gasteiger partial charge in [0.05, 0.1) is 16.4 Å². The molecule has 6 heteroatoms. The van der Waals surface area contributed by atoms with Crippen molar-refractivity contribution in [2.24, 2.45) is 5.73 Å². The van der Waals surface area contributed by atoms with Gasteiger partial charge in [-0.3, -0.25) is 4.68 Å². The van der Waals surface area contributed by atoms with E-state index >= 15 is 0 Å². The summed E-state index contributed by atoms with van der Waals surface area (Å²) in [5.74, 6) is 2.31. The van der Waals surface area contributed by atoms with Crippen LogP contribution >= 0.6 is 23.4 Å². The molecule has 1 fully saturated rings. The first kappa shape index (κ1) is 16.1. The summed E-state index contributed by atoms with van der Waals surface area (Å²) in [6, 6.07) is 0.534. The van der Waals surface area contributed by atoms with E-state index in [1.807, 2.05) is 16.4 Å². The molecular formula is C14H25ClN4S. The van der Waals surface area contributed by atoms with Gasteiger partial charge in [-0.2, -0.15) is 16.9 Å². The number of halogens is 1. The molecule has 1 aliphatic heterocycles. The van der Waals surface area contributed by atoms with Crippen molar-refractivity contribution in [2.45, 2.75) is 45.3 Å². The van der Waals surface area contributed by atoms with E-state index in [0.717, 1.165) is 48.1 Å². The van der Waals surface area contributed by atoms with Gasteiger partial charge < -0.3 is 10.6 Å². The van der Waals surface area contributed by atoms with E-state index in [0.29, 0.717) is 6.04 Å². The first-order valence-corrected chi connectivity index (χ1v) is 8.89. The number of rotatable bonds is 5. The molecule has 0 aliphatic carbocycles. The van der Waals surface area contributed by atoms with Gasteiger partial charge in [0.25, 0.3) is 0 Å². The van der Waals surface area contributed by atoms with Crippen LogP contribution in [0.25, 0.3) is 0 Å². The number of aromatic nitrogens is 2. The summed E-state index contributed by atoms with van der Waals surface area (Å²) in [6.45, 7) is 6.14. The van der Waals surface area contributed by atoms with Crippen LogP contribution in [-0.4, -0.2) is 51.9 Å². The van der Waals surface area contributed by atoms with Crippen LogP contribution in [0.15, 0.2) is 0 Å². The van der Waals surface area contributed by atoms with Crippen molar-refractivity contribution >= 4 is 23.4 Å². The van der Waals surface area contributed by atoms with Gasteiger partial charge in [-0.05, 0) is 20.4 Å².